The second-order valence-electron chi connectivity index (χ2n) is 5.79. The molecule has 2 N–H and O–H groups in total. The van der Waals surface area contributed by atoms with Crippen LogP contribution < -0.4 is 4.74 Å². The summed E-state index contributed by atoms with van der Waals surface area (Å²) in [5.41, 5.74) is -0.335. The van der Waals surface area contributed by atoms with Crippen LogP contribution in [0.15, 0.2) is 59.5 Å². The predicted molar refractivity (Wildman–Crippen MR) is 96.3 cm³/mol. The van der Waals surface area contributed by atoms with Gasteiger partial charge in [0.15, 0.2) is 6.10 Å². The van der Waals surface area contributed by atoms with Gasteiger partial charge in [-0.1, -0.05) is 30.0 Å². The summed E-state index contributed by atoms with van der Waals surface area (Å²) >= 11 is 1.32. The molecule has 7 heteroatoms. The molecule has 1 aliphatic heterocycles. The Labute approximate surface area is 155 Å². The first kappa shape index (κ1) is 18.7. The number of methoxy groups -OCH3 is 1. The van der Waals surface area contributed by atoms with Crippen LogP contribution in [0.5, 0.6) is 5.75 Å². The van der Waals surface area contributed by atoms with Gasteiger partial charge in [-0.05, 0) is 36.4 Å². The highest BCUT2D eigenvalue weighted by atomic mass is 32.2. The van der Waals surface area contributed by atoms with Crippen molar-refractivity contribution in [2.24, 2.45) is 0 Å². The number of aliphatic hydroxyl groups is 2. The molecule has 0 aliphatic carbocycles. The van der Waals surface area contributed by atoms with Crippen molar-refractivity contribution in [3.8, 4) is 5.75 Å². The molecule has 138 valence electrons. The fraction of sp³-hybridized carbons (Fsp3) is 0.316. The smallest absolute Gasteiger partial charge is 0.338 e. The van der Waals surface area contributed by atoms with Crippen molar-refractivity contribution in [2.75, 3.05) is 13.7 Å². The SMILES string of the molecule is COc1ccc(C(=O)O[C@@H]2[C@@H](O)[C@H](Sc3ccccc3)OC[C@H]2O)cc1. The van der Waals surface area contributed by atoms with E-state index in [0.717, 1.165) is 4.90 Å². The maximum absolute atomic E-state index is 12.3. The molecule has 4 atom stereocenters. The lowest BCUT2D eigenvalue weighted by molar-refractivity contribution is -0.163. The number of benzene rings is 2. The molecule has 0 amide bonds. The largest absolute Gasteiger partial charge is 0.497 e. The third-order valence-electron chi connectivity index (χ3n) is 3.99. The van der Waals surface area contributed by atoms with Crippen LogP contribution in [-0.2, 0) is 9.47 Å². The lowest BCUT2D eigenvalue weighted by atomic mass is 10.1. The van der Waals surface area contributed by atoms with Gasteiger partial charge in [-0.15, -0.1) is 0 Å². The van der Waals surface area contributed by atoms with Crippen LogP contribution in [0.1, 0.15) is 10.4 Å². The Morgan fingerprint density at radius 3 is 2.46 bits per heavy atom. The lowest BCUT2D eigenvalue weighted by Crippen LogP contribution is -2.53. The Hall–Kier alpha value is -2.06. The van der Waals surface area contributed by atoms with Gasteiger partial charge in [0.05, 0.1) is 19.3 Å². The van der Waals surface area contributed by atoms with Gasteiger partial charge in [0.25, 0.3) is 0 Å². The first-order valence-electron chi connectivity index (χ1n) is 8.13. The minimum Gasteiger partial charge on any atom is -0.497 e. The minimum absolute atomic E-state index is 0.0257. The minimum atomic E-state index is -1.16. The highest BCUT2D eigenvalue weighted by molar-refractivity contribution is 7.99. The van der Waals surface area contributed by atoms with Crippen LogP contribution >= 0.6 is 11.8 Å². The van der Waals surface area contributed by atoms with Gasteiger partial charge < -0.3 is 24.4 Å². The molecule has 1 fully saturated rings. The van der Waals surface area contributed by atoms with Crippen LogP contribution in [0.4, 0.5) is 0 Å². The monoisotopic (exact) mass is 376 g/mol. The quantitative estimate of drug-likeness (QED) is 0.773. The summed E-state index contributed by atoms with van der Waals surface area (Å²) in [4.78, 5) is 13.2. The molecule has 0 bridgehead atoms. The average molecular weight is 376 g/mol. The van der Waals surface area contributed by atoms with Gasteiger partial charge in [-0.3, -0.25) is 0 Å². The van der Waals surface area contributed by atoms with E-state index in [1.165, 1.54) is 18.9 Å². The molecule has 2 aromatic rings. The van der Waals surface area contributed by atoms with E-state index < -0.39 is 29.7 Å². The molecular formula is C19H20O6S. The van der Waals surface area contributed by atoms with Crippen LogP contribution in [0.25, 0.3) is 0 Å². The second kappa shape index (κ2) is 8.55. The van der Waals surface area contributed by atoms with E-state index in [0.29, 0.717) is 11.3 Å². The summed E-state index contributed by atoms with van der Waals surface area (Å²) in [7, 11) is 1.53. The maximum atomic E-state index is 12.3. The zero-order chi connectivity index (χ0) is 18.5. The fourth-order valence-electron chi connectivity index (χ4n) is 2.57. The van der Waals surface area contributed by atoms with Gasteiger partial charge in [0.1, 0.15) is 23.4 Å². The normalized spacial score (nSPS) is 25.5. The Kier molecular flexibility index (Phi) is 6.16. The molecule has 0 saturated carbocycles. The highest BCUT2D eigenvalue weighted by Crippen LogP contribution is 2.32. The maximum Gasteiger partial charge on any atom is 0.338 e. The summed E-state index contributed by atoms with van der Waals surface area (Å²) < 4.78 is 15.9. The Bertz CT molecular complexity index is 721. The summed E-state index contributed by atoms with van der Waals surface area (Å²) in [6.45, 7) is -0.0257. The predicted octanol–water partition coefficient (Wildman–Crippen LogP) is 2.09. The summed E-state index contributed by atoms with van der Waals surface area (Å²) in [5.74, 6) is -0.00637. The zero-order valence-electron chi connectivity index (χ0n) is 14.1. The van der Waals surface area contributed by atoms with Crippen molar-refractivity contribution < 1.29 is 29.2 Å². The molecule has 0 spiro atoms. The van der Waals surface area contributed by atoms with E-state index >= 15 is 0 Å². The number of carbonyl (C=O) groups excluding carboxylic acids is 1. The number of aliphatic hydroxyl groups excluding tert-OH is 2. The molecule has 0 aromatic heterocycles. The van der Waals surface area contributed by atoms with Crippen LogP contribution in [0.3, 0.4) is 0 Å². The molecule has 3 rings (SSSR count). The van der Waals surface area contributed by atoms with Gasteiger partial charge in [0.2, 0.25) is 0 Å². The standard InChI is InChI=1S/C19H20O6S/c1-23-13-9-7-12(8-10-13)18(22)25-17-15(20)11-24-19(16(17)21)26-14-5-3-2-4-6-14/h2-10,15-17,19-21H,11H2,1H3/t15-,16-,17+,19+/m1/s1. The van der Waals surface area contributed by atoms with Gasteiger partial charge in [0, 0.05) is 4.90 Å². The topological polar surface area (TPSA) is 85.2 Å². The lowest BCUT2D eigenvalue weighted by Gasteiger charge is -2.37. The second-order valence-corrected chi connectivity index (χ2v) is 6.96. The molecule has 2 aromatic carbocycles. The molecule has 0 radical (unpaired) electrons. The van der Waals surface area contributed by atoms with Crippen LogP contribution in [-0.4, -0.2) is 53.6 Å². The Balaban J connectivity index is 1.67. The number of carbonyl (C=O) groups is 1. The highest BCUT2D eigenvalue weighted by Gasteiger charge is 2.42. The first-order valence-corrected chi connectivity index (χ1v) is 9.01. The first-order chi connectivity index (χ1) is 12.6. The summed E-state index contributed by atoms with van der Waals surface area (Å²) in [6, 6.07) is 15.9. The third-order valence-corrected chi connectivity index (χ3v) is 5.18. The van der Waals surface area contributed by atoms with E-state index in [1.54, 1.807) is 24.3 Å². The molecule has 6 nitrogen and oxygen atoms in total. The number of thioether (sulfide) groups is 1. The molecule has 1 aliphatic rings. The fourth-order valence-corrected chi connectivity index (χ4v) is 3.60. The van der Waals surface area contributed by atoms with E-state index in [1.807, 2.05) is 30.3 Å². The average Bonchev–Trinajstić information content (AvgIpc) is 2.68. The van der Waals surface area contributed by atoms with Crippen molar-refractivity contribution in [1.29, 1.82) is 0 Å². The number of ether oxygens (including phenoxy) is 3. The molecular weight excluding hydrogens is 356 g/mol. The van der Waals surface area contributed by atoms with Gasteiger partial charge in [-0.25, -0.2) is 4.79 Å². The van der Waals surface area contributed by atoms with Crippen molar-refractivity contribution >= 4 is 17.7 Å². The molecule has 1 heterocycles. The van der Waals surface area contributed by atoms with E-state index in [2.05, 4.69) is 0 Å². The molecule has 0 unspecified atom stereocenters. The summed E-state index contributed by atoms with van der Waals surface area (Å²) in [5, 5.41) is 20.6. The Morgan fingerprint density at radius 2 is 1.81 bits per heavy atom. The van der Waals surface area contributed by atoms with Crippen molar-refractivity contribution in [1.82, 2.24) is 0 Å². The zero-order valence-corrected chi connectivity index (χ0v) is 15.0. The third kappa shape index (κ3) is 4.37. The number of esters is 1. The van der Waals surface area contributed by atoms with Gasteiger partial charge >= 0.3 is 5.97 Å². The summed E-state index contributed by atoms with van der Waals surface area (Å²) in [6.07, 6.45) is -3.33. The van der Waals surface area contributed by atoms with Crippen molar-refractivity contribution in [2.45, 2.75) is 28.6 Å². The molecule has 26 heavy (non-hydrogen) atoms. The van der Waals surface area contributed by atoms with Crippen LogP contribution in [0, 0.1) is 0 Å². The van der Waals surface area contributed by atoms with Crippen molar-refractivity contribution in [3.05, 3.63) is 60.2 Å². The molecule has 1 saturated heterocycles. The van der Waals surface area contributed by atoms with Gasteiger partial charge in [-0.2, -0.15) is 0 Å². The van der Waals surface area contributed by atoms with E-state index in [-0.39, 0.29) is 6.61 Å². The number of rotatable bonds is 5. The van der Waals surface area contributed by atoms with E-state index in [4.69, 9.17) is 14.2 Å². The van der Waals surface area contributed by atoms with Crippen LogP contribution in [0.2, 0.25) is 0 Å². The Morgan fingerprint density at radius 1 is 1.12 bits per heavy atom. The number of hydrogen-bond donors (Lipinski definition) is 2. The van der Waals surface area contributed by atoms with Crippen molar-refractivity contribution in [3.63, 3.8) is 0 Å². The van der Waals surface area contributed by atoms with E-state index in [9.17, 15) is 15.0 Å². The number of hydrogen-bond acceptors (Lipinski definition) is 7.